The molecule has 1 aliphatic rings. The average Bonchev–Trinajstić information content (AvgIpc) is 2.48. The molecule has 0 radical (unpaired) electrons. The summed E-state index contributed by atoms with van der Waals surface area (Å²) in [6.07, 6.45) is 2.52. The lowest BCUT2D eigenvalue weighted by Crippen LogP contribution is -2.24. The molecule has 84 valence electrons. The Morgan fingerprint density at radius 3 is 2.81 bits per heavy atom. The van der Waals surface area contributed by atoms with Crippen molar-refractivity contribution in [3.8, 4) is 0 Å². The summed E-state index contributed by atoms with van der Waals surface area (Å²) in [6.45, 7) is 4.41. The third kappa shape index (κ3) is 1.42. The topological polar surface area (TPSA) is 20.7 Å². The minimum Gasteiger partial charge on any atom is -0.331 e. The third-order valence-corrected chi connectivity index (χ3v) is 3.88. The van der Waals surface area contributed by atoms with Crippen LogP contribution in [0.15, 0.2) is 18.2 Å². The van der Waals surface area contributed by atoms with Crippen molar-refractivity contribution in [2.45, 2.75) is 32.7 Å². The summed E-state index contributed by atoms with van der Waals surface area (Å²) >= 11 is 5.42. The molecule has 1 fully saturated rings. The molecule has 1 aromatic carbocycles. The predicted octanol–water partition coefficient (Wildman–Crippen LogP) is 3.98. The van der Waals surface area contributed by atoms with Gasteiger partial charge in [-0.3, -0.25) is 0 Å². The molecule has 0 unspecified atom stereocenters. The minimum absolute atomic E-state index is 0.610. The molecule has 1 N–H and O–H groups in total. The second-order valence-corrected chi connectivity index (χ2v) is 5.44. The number of rotatable bonds is 1. The van der Waals surface area contributed by atoms with Gasteiger partial charge in [-0.25, -0.2) is 0 Å². The first-order chi connectivity index (χ1) is 7.65. The summed E-state index contributed by atoms with van der Waals surface area (Å²) in [7, 11) is 0. The van der Waals surface area contributed by atoms with E-state index in [9.17, 15) is 0 Å². The van der Waals surface area contributed by atoms with Gasteiger partial charge < -0.3 is 9.55 Å². The van der Waals surface area contributed by atoms with Gasteiger partial charge in [-0.2, -0.15) is 0 Å². The quantitative estimate of drug-likeness (QED) is 0.738. The van der Waals surface area contributed by atoms with Crippen molar-refractivity contribution in [1.29, 1.82) is 0 Å². The van der Waals surface area contributed by atoms with E-state index in [1.54, 1.807) is 0 Å². The number of aromatic amines is 1. The standard InChI is InChI=1S/C13H16N2S/c1-8-3-4-12-11(7-8)14-13(16)15(12)10-5-9(2)6-10/h3-4,7,9-10H,5-6H2,1-2H3,(H,14,16). The van der Waals surface area contributed by atoms with Crippen molar-refractivity contribution in [2.24, 2.45) is 5.92 Å². The highest BCUT2D eigenvalue weighted by atomic mass is 32.1. The lowest BCUT2D eigenvalue weighted by Gasteiger charge is -2.34. The van der Waals surface area contributed by atoms with Gasteiger partial charge in [-0.15, -0.1) is 0 Å². The maximum Gasteiger partial charge on any atom is 0.178 e. The zero-order valence-corrected chi connectivity index (χ0v) is 10.5. The summed E-state index contributed by atoms with van der Waals surface area (Å²) in [5, 5.41) is 0. The largest absolute Gasteiger partial charge is 0.331 e. The summed E-state index contributed by atoms with van der Waals surface area (Å²) < 4.78 is 3.17. The van der Waals surface area contributed by atoms with Crippen LogP contribution in [0.4, 0.5) is 0 Å². The number of nitrogens with one attached hydrogen (secondary N) is 1. The van der Waals surface area contributed by atoms with Gasteiger partial charge in [0.25, 0.3) is 0 Å². The first kappa shape index (κ1) is 10.1. The van der Waals surface area contributed by atoms with E-state index in [0.717, 1.165) is 10.7 Å². The summed E-state index contributed by atoms with van der Waals surface area (Å²) in [5.41, 5.74) is 3.70. The van der Waals surface area contributed by atoms with Crippen LogP contribution in [0.2, 0.25) is 0 Å². The molecule has 0 aliphatic heterocycles. The number of benzene rings is 1. The third-order valence-electron chi connectivity index (χ3n) is 3.59. The zero-order valence-electron chi connectivity index (χ0n) is 9.66. The number of fused-ring (bicyclic) bond motifs is 1. The van der Waals surface area contributed by atoms with Crippen LogP contribution in [0.5, 0.6) is 0 Å². The summed E-state index contributed by atoms with van der Waals surface area (Å²) in [6, 6.07) is 7.12. The Morgan fingerprint density at radius 2 is 2.12 bits per heavy atom. The molecule has 0 bridgehead atoms. The van der Waals surface area contributed by atoms with Gasteiger partial charge in [0.2, 0.25) is 0 Å². The van der Waals surface area contributed by atoms with E-state index in [0.29, 0.717) is 6.04 Å². The molecule has 1 aliphatic carbocycles. The molecule has 0 amide bonds. The Morgan fingerprint density at radius 1 is 1.38 bits per heavy atom. The van der Waals surface area contributed by atoms with E-state index >= 15 is 0 Å². The van der Waals surface area contributed by atoms with Crippen molar-refractivity contribution in [3.63, 3.8) is 0 Å². The minimum atomic E-state index is 0.610. The van der Waals surface area contributed by atoms with Crippen molar-refractivity contribution in [1.82, 2.24) is 9.55 Å². The molecule has 16 heavy (non-hydrogen) atoms. The van der Waals surface area contributed by atoms with Gasteiger partial charge in [0.1, 0.15) is 0 Å². The Balaban J connectivity index is 2.17. The SMILES string of the molecule is Cc1ccc2c(c1)[nH]c(=S)n2C1CC(C)C1. The molecule has 2 nitrogen and oxygen atoms in total. The van der Waals surface area contributed by atoms with Gasteiger partial charge in [0.05, 0.1) is 11.0 Å². The molecule has 0 atom stereocenters. The number of H-pyrrole nitrogens is 1. The second kappa shape index (κ2) is 3.45. The van der Waals surface area contributed by atoms with Gasteiger partial charge in [0.15, 0.2) is 4.77 Å². The second-order valence-electron chi connectivity index (χ2n) is 5.05. The fourth-order valence-electron chi connectivity index (χ4n) is 2.68. The summed E-state index contributed by atoms with van der Waals surface area (Å²) in [4.78, 5) is 3.31. The normalized spacial score (nSPS) is 24.6. The molecule has 0 spiro atoms. The number of hydrogen-bond donors (Lipinski definition) is 1. The van der Waals surface area contributed by atoms with E-state index in [-0.39, 0.29) is 0 Å². The van der Waals surface area contributed by atoms with E-state index < -0.39 is 0 Å². The Kier molecular flexibility index (Phi) is 2.18. The van der Waals surface area contributed by atoms with Gasteiger partial charge in [0, 0.05) is 6.04 Å². The van der Waals surface area contributed by atoms with Gasteiger partial charge in [-0.05, 0) is 55.6 Å². The molecular weight excluding hydrogens is 216 g/mol. The first-order valence-corrected chi connectivity index (χ1v) is 6.27. The zero-order chi connectivity index (χ0) is 11.3. The van der Waals surface area contributed by atoms with E-state index in [2.05, 4.69) is 41.6 Å². The number of hydrogen-bond acceptors (Lipinski definition) is 1. The monoisotopic (exact) mass is 232 g/mol. The molecule has 1 heterocycles. The molecule has 0 saturated heterocycles. The lowest BCUT2D eigenvalue weighted by atomic mass is 9.81. The van der Waals surface area contributed by atoms with Crippen LogP contribution in [-0.2, 0) is 0 Å². The molecular formula is C13H16N2S. The van der Waals surface area contributed by atoms with E-state index in [1.807, 2.05) is 0 Å². The Bertz CT molecular complexity index is 587. The van der Waals surface area contributed by atoms with Gasteiger partial charge >= 0.3 is 0 Å². The van der Waals surface area contributed by atoms with Crippen LogP contribution in [0.25, 0.3) is 11.0 Å². The number of nitrogens with zero attached hydrogens (tertiary/aromatic N) is 1. The van der Waals surface area contributed by atoms with Crippen LogP contribution in [-0.4, -0.2) is 9.55 Å². The molecule has 2 aromatic rings. The predicted molar refractivity (Wildman–Crippen MR) is 69.3 cm³/mol. The van der Waals surface area contributed by atoms with Crippen molar-refractivity contribution in [2.75, 3.05) is 0 Å². The number of imidazole rings is 1. The molecule has 1 saturated carbocycles. The van der Waals surface area contributed by atoms with Crippen molar-refractivity contribution in [3.05, 3.63) is 28.5 Å². The first-order valence-electron chi connectivity index (χ1n) is 5.86. The van der Waals surface area contributed by atoms with Crippen LogP contribution < -0.4 is 0 Å². The van der Waals surface area contributed by atoms with Crippen LogP contribution >= 0.6 is 12.2 Å². The van der Waals surface area contributed by atoms with Crippen molar-refractivity contribution < 1.29 is 0 Å². The lowest BCUT2D eigenvalue weighted by molar-refractivity contribution is 0.219. The van der Waals surface area contributed by atoms with Crippen molar-refractivity contribution >= 4 is 23.3 Å². The van der Waals surface area contributed by atoms with Crippen LogP contribution in [0.1, 0.15) is 31.4 Å². The van der Waals surface area contributed by atoms with Crippen LogP contribution in [0, 0.1) is 17.6 Å². The average molecular weight is 232 g/mol. The maximum absolute atomic E-state index is 5.42. The Labute approximate surface area is 100 Å². The smallest absolute Gasteiger partial charge is 0.178 e. The van der Waals surface area contributed by atoms with E-state index in [1.165, 1.54) is 29.4 Å². The highest BCUT2D eigenvalue weighted by molar-refractivity contribution is 7.71. The van der Waals surface area contributed by atoms with Gasteiger partial charge in [-0.1, -0.05) is 13.0 Å². The highest BCUT2D eigenvalue weighted by Crippen LogP contribution is 2.39. The maximum atomic E-state index is 5.42. The summed E-state index contributed by atoms with van der Waals surface area (Å²) in [5.74, 6) is 0.849. The fourth-order valence-corrected chi connectivity index (χ4v) is 3.04. The van der Waals surface area contributed by atoms with Crippen LogP contribution in [0.3, 0.4) is 0 Å². The highest BCUT2D eigenvalue weighted by Gasteiger charge is 2.28. The molecule has 3 heteroatoms. The fraction of sp³-hybridized carbons (Fsp3) is 0.462. The molecule has 3 rings (SSSR count). The number of aromatic nitrogens is 2. The molecule has 1 aromatic heterocycles. The van der Waals surface area contributed by atoms with E-state index in [4.69, 9.17) is 12.2 Å². The Hall–Kier alpha value is -1.09. The number of aryl methyl sites for hydroxylation is 1.